The van der Waals surface area contributed by atoms with Crippen LogP contribution in [0.5, 0.6) is 0 Å². The van der Waals surface area contributed by atoms with Gasteiger partial charge in [0, 0.05) is 36.9 Å². The molecule has 0 spiro atoms. The fourth-order valence-corrected chi connectivity index (χ4v) is 3.61. The number of carbonyl (C=O) groups excluding carboxylic acids is 2. The van der Waals surface area contributed by atoms with E-state index in [0.29, 0.717) is 5.69 Å². The van der Waals surface area contributed by atoms with Crippen molar-refractivity contribution in [2.45, 2.75) is 24.4 Å². The zero-order valence-electron chi connectivity index (χ0n) is 17.5. The number of fused-ring (bicyclic) bond motifs is 1. The molecule has 0 fully saturated rings. The van der Waals surface area contributed by atoms with Crippen molar-refractivity contribution in [2.24, 2.45) is 5.14 Å². The minimum Gasteiger partial charge on any atom is -0.347 e. The summed E-state index contributed by atoms with van der Waals surface area (Å²) in [4.78, 5) is 25.9. The van der Waals surface area contributed by atoms with E-state index in [-0.39, 0.29) is 23.4 Å². The molecule has 0 aliphatic carbocycles. The molecule has 1 atom stereocenters. The molecular weight excluding hydrogens is 418 g/mol. The van der Waals surface area contributed by atoms with Gasteiger partial charge >= 0.3 is 6.03 Å². The van der Waals surface area contributed by atoms with Gasteiger partial charge in [-0.05, 0) is 48.9 Å². The highest BCUT2D eigenvalue weighted by Gasteiger charge is 2.13. The van der Waals surface area contributed by atoms with Crippen LogP contribution in [-0.4, -0.2) is 43.9 Å². The molecule has 1 heterocycles. The lowest BCUT2D eigenvalue weighted by atomic mass is 10.1. The largest absolute Gasteiger partial charge is 0.347 e. The summed E-state index contributed by atoms with van der Waals surface area (Å²) in [5, 5.41) is 11.6. The first-order valence-electron chi connectivity index (χ1n) is 9.54. The van der Waals surface area contributed by atoms with E-state index < -0.39 is 16.1 Å². The van der Waals surface area contributed by atoms with E-state index in [1.165, 1.54) is 17.0 Å². The van der Waals surface area contributed by atoms with Crippen molar-refractivity contribution in [3.63, 3.8) is 0 Å². The van der Waals surface area contributed by atoms with E-state index in [0.717, 1.165) is 16.5 Å². The van der Waals surface area contributed by atoms with Crippen molar-refractivity contribution in [3.8, 4) is 0 Å². The van der Waals surface area contributed by atoms with Gasteiger partial charge in [0.05, 0.1) is 10.9 Å². The Hall–Kier alpha value is -3.37. The summed E-state index contributed by atoms with van der Waals surface area (Å²) in [6, 6.07) is 12.6. The maximum Gasteiger partial charge on any atom is 0.319 e. The maximum atomic E-state index is 12.4. The molecule has 3 rings (SSSR count). The van der Waals surface area contributed by atoms with Crippen LogP contribution in [0.4, 0.5) is 10.5 Å². The Morgan fingerprint density at radius 1 is 1.10 bits per heavy atom. The van der Waals surface area contributed by atoms with Crippen LogP contribution in [0.3, 0.4) is 0 Å². The van der Waals surface area contributed by atoms with Gasteiger partial charge in [-0.25, -0.2) is 18.4 Å². The molecule has 3 aromatic rings. The van der Waals surface area contributed by atoms with Crippen LogP contribution < -0.4 is 15.8 Å². The molecule has 4 N–H and O–H groups in total. The van der Waals surface area contributed by atoms with Crippen molar-refractivity contribution in [2.75, 3.05) is 19.4 Å². The number of rotatable bonds is 6. The van der Waals surface area contributed by atoms with E-state index in [4.69, 9.17) is 5.14 Å². The Morgan fingerprint density at radius 3 is 2.39 bits per heavy atom. The van der Waals surface area contributed by atoms with Crippen LogP contribution in [0.15, 0.2) is 59.6 Å². The minimum atomic E-state index is -3.76. The second kappa shape index (κ2) is 8.78. The summed E-state index contributed by atoms with van der Waals surface area (Å²) in [7, 11) is -0.334. The summed E-state index contributed by atoms with van der Waals surface area (Å²) in [6.07, 6.45) is 1.84. The average Bonchev–Trinajstić information content (AvgIpc) is 3.09. The summed E-state index contributed by atoms with van der Waals surface area (Å²) >= 11 is 0. The topological polar surface area (TPSA) is 127 Å². The van der Waals surface area contributed by atoms with Crippen molar-refractivity contribution in [1.82, 2.24) is 14.8 Å². The monoisotopic (exact) mass is 443 g/mol. The lowest BCUT2D eigenvalue weighted by molar-refractivity contribution is -0.129. The van der Waals surface area contributed by atoms with Gasteiger partial charge in [0.2, 0.25) is 15.9 Å². The van der Waals surface area contributed by atoms with Gasteiger partial charge in [0.25, 0.3) is 0 Å². The van der Waals surface area contributed by atoms with Gasteiger partial charge in [-0.1, -0.05) is 12.1 Å². The van der Waals surface area contributed by atoms with E-state index in [9.17, 15) is 18.0 Å². The molecule has 31 heavy (non-hydrogen) atoms. The first kappa shape index (κ1) is 22.3. The number of aromatic nitrogens is 1. The van der Waals surface area contributed by atoms with Crippen molar-refractivity contribution < 1.29 is 18.0 Å². The number of benzene rings is 2. The molecule has 0 radical (unpaired) electrons. The summed E-state index contributed by atoms with van der Waals surface area (Å²) < 4.78 is 24.6. The third-order valence-electron chi connectivity index (χ3n) is 4.89. The van der Waals surface area contributed by atoms with Crippen LogP contribution in [0.1, 0.15) is 18.5 Å². The number of nitrogens with zero attached hydrogens (tertiary/aromatic N) is 2. The fraction of sp³-hybridized carbons (Fsp3) is 0.238. The van der Waals surface area contributed by atoms with Gasteiger partial charge < -0.3 is 20.1 Å². The number of likely N-dealkylation sites (N-methyl/N-ethyl adjacent to an activating group) is 1. The van der Waals surface area contributed by atoms with E-state index in [1.54, 1.807) is 39.2 Å². The Labute approximate surface area is 180 Å². The standard InChI is InChI=1S/C21H25N5O4S/c1-14(15-4-7-18(8-5-15)31(22,29)30)23-21(28)24-17-6-9-19-16(12-17)10-11-26(19)13-20(27)25(2)3/h4-12,14H,13H2,1-3H3,(H2,22,29,30)(H2,23,24,28). The highest BCUT2D eigenvalue weighted by atomic mass is 32.2. The zero-order chi connectivity index (χ0) is 22.8. The normalized spacial score (nSPS) is 12.4. The Kier molecular flexibility index (Phi) is 6.32. The highest BCUT2D eigenvalue weighted by Crippen LogP contribution is 2.21. The number of anilines is 1. The van der Waals surface area contributed by atoms with Crippen LogP contribution in [0.25, 0.3) is 10.9 Å². The molecule has 0 aliphatic rings. The molecule has 164 valence electrons. The number of sulfonamides is 1. The number of urea groups is 1. The first-order chi connectivity index (χ1) is 14.5. The molecule has 0 bridgehead atoms. The first-order valence-corrected chi connectivity index (χ1v) is 11.1. The second-order valence-corrected chi connectivity index (χ2v) is 9.00. The molecular formula is C21H25N5O4S. The number of hydrogen-bond donors (Lipinski definition) is 3. The van der Waals surface area contributed by atoms with Gasteiger partial charge in [-0.3, -0.25) is 4.79 Å². The SMILES string of the molecule is CC(NC(=O)Nc1ccc2c(ccn2CC(=O)N(C)C)c1)c1ccc(S(N)(=O)=O)cc1. The van der Waals surface area contributed by atoms with Crippen LogP contribution in [0, 0.1) is 0 Å². The quantitative estimate of drug-likeness (QED) is 0.540. The fourth-order valence-electron chi connectivity index (χ4n) is 3.10. The third-order valence-corrected chi connectivity index (χ3v) is 5.82. The van der Waals surface area contributed by atoms with E-state index in [2.05, 4.69) is 10.6 Å². The number of nitrogens with two attached hydrogens (primary N) is 1. The van der Waals surface area contributed by atoms with Gasteiger partial charge in [0.1, 0.15) is 6.54 Å². The molecule has 1 aromatic heterocycles. The van der Waals surface area contributed by atoms with Gasteiger partial charge in [-0.15, -0.1) is 0 Å². The number of hydrogen-bond acceptors (Lipinski definition) is 4. The Morgan fingerprint density at radius 2 is 1.77 bits per heavy atom. The number of carbonyl (C=O) groups is 2. The smallest absolute Gasteiger partial charge is 0.319 e. The summed E-state index contributed by atoms with van der Waals surface area (Å²) in [6.45, 7) is 2.03. The number of amides is 3. The van der Waals surface area contributed by atoms with Crippen molar-refractivity contribution >= 4 is 38.6 Å². The van der Waals surface area contributed by atoms with Crippen molar-refractivity contribution in [3.05, 3.63) is 60.3 Å². The van der Waals surface area contributed by atoms with E-state index in [1.807, 2.05) is 29.0 Å². The molecule has 1 unspecified atom stereocenters. The Bertz CT molecular complexity index is 1220. The average molecular weight is 444 g/mol. The highest BCUT2D eigenvalue weighted by molar-refractivity contribution is 7.89. The molecule has 0 saturated heterocycles. The third kappa shape index (κ3) is 5.41. The van der Waals surface area contributed by atoms with Crippen LogP contribution >= 0.6 is 0 Å². The number of nitrogens with one attached hydrogen (secondary N) is 2. The second-order valence-electron chi connectivity index (χ2n) is 7.44. The molecule has 3 amide bonds. The van der Waals surface area contributed by atoms with E-state index >= 15 is 0 Å². The molecule has 0 aliphatic heterocycles. The predicted octanol–water partition coefficient (Wildman–Crippen LogP) is 2.26. The lowest BCUT2D eigenvalue weighted by Gasteiger charge is -2.16. The predicted molar refractivity (Wildman–Crippen MR) is 119 cm³/mol. The number of primary sulfonamides is 1. The van der Waals surface area contributed by atoms with Crippen LogP contribution in [0.2, 0.25) is 0 Å². The lowest BCUT2D eigenvalue weighted by Crippen LogP contribution is -2.31. The Balaban J connectivity index is 1.65. The summed E-state index contributed by atoms with van der Waals surface area (Å²) in [5.41, 5.74) is 2.24. The van der Waals surface area contributed by atoms with Gasteiger partial charge in [0.15, 0.2) is 0 Å². The maximum absolute atomic E-state index is 12.4. The molecule has 2 aromatic carbocycles. The summed E-state index contributed by atoms with van der Waals surface area (Å²) in [5.74, 6) is -0.00911. The van der Waals surface area contributed by atoms with Crippen LogP contribution in [-0.2, 0) is 21.4 Å². The minimum absolute atomic E-state index is 0.00911. The molecule has 10 heteroatoms. The molecule has 9 nitrogen and oxygen atoms in total. The van der Waals surface area contributed by atoms with Crippen molar-refractivity contribution in [1.29, 1.82) is 0 Å². The van der Waals surface area contributed by atoms with Gasteiger partial charge in [-0.2, -0.15) is 0 Å². The molecule has 0 saturated carbocycles. The zero-order valence-corrected chi connectivity index (χ0v) is 18.3.